The summed E-state index contributed by atoms with van der Waals surface area (Å²) in [5, 5.41) is 18.3. The van der Waals surface area contributed by atoms with E-state index in [-0.39, 0.29) is 0 Å². The number of nitrogens with two attached hydrogens (primary N) is 1. The Balaban J connectivity index is 2.71. The number of nitriles is 2. The van der Waals surface area contributed by atoms with Crippen molar-refractivity contribution in [3.63, 3.8) is 0 Å². The van der Waals surface area contributed by atoms with Gasteiger partial charge in [-0.25, -0.2) is 0 Å². The molecule has 0 bridgehead atoms. The van der Waals surface area contributed by atoms with Crippen molar-refractivity contribution in [1.82, 2.24) is 4.57 Å². The number of nitrogen functional groups attached to an aromatic ring is 1. The summed E-state index contributed by atoms with van der Waals surface area (Å²) in [4.78, 5) is 0. The minimum Gasteiger partial charge on any atom is -0.384 e. The SMILES string of the molecule is Cc1c(C#N)c(N)n(-c2ccc(C#N)c(Cl)c2)c1C. The predicted octanol–water partition coefficient (Wildman–Crippen LogP) is 3.07. The molecular weight excluding hydrogens is 260 g/mol. The van der Waals surface area contributed by atoms with Gasteiger partial charge in [-0.1, -0.05) is 11.6 Å². The second-order valence-electron chi connectivity index (χ2n) is 4.19. The molecular formula is C14H11ClN4. The third kappa shape index (κ3) is 1.93. The summed E-state index contributed by atoms with van der Waals surface area (Å²) in [6.45, 7) is 3.74. The standard InChI is InChI=1S/C14H11ClN4/c1-8-9(2)19(14(18)12(8)7-17)11-4-3-10(6-16)13(15)5-11/h3-5H,18H2,1-2H3. The average Bonchev–Trinajstić information content (AvgIpc) is 2.60. The minimum absolute atomic E-state index is 0.365. The van der Waals surface area contributed by atoms with E-state index in [1.807, 2.05) is 19.9 Å². The van der Waals surface area contributed by atoms with Crippen molar-refractivity contribution >= 4 is 17.4 Å². The predicted molar refractivity (Wildman–Crippen MR) is 74.1 cm³/mol. The number of halogens is 1. The van der Waals surface area contributed by atoms with Gasteiger partial charge in [0.15, 0.2) is 0 Å². The van der Waals surface area contributed by atoms with Crippen molar-refractivity contribution in [3.8, 4) is 17.8 Å². The Morgan fingerprint density at radius 2 is 1.89 bits per heavy atom. The summed E-state index contributed by atoms with van der Waals surface area (Å²) >= 11 is 6.02. The van der Waals surface area contributed by atoms with E-state index in [4.69, 9.17) is 27.9 Å². The maximum absolute atomic E-state index is 9.11. The van der Waals surface area contributed by atoms with Crippen molar-refractivity contribution in [2.24, 2.45) is 0 Å². The lowest BCUT2D eigenvalue weighted by Gasteiger charge is -2.10. The number of aromatic nitrogens is 1. The van der Waals surface area contributed by atoms with Crippen LogP contribution in [0.2, 0.25) is 5.02 Å². The molecule has 94 valence electrons. The number of hydrogen-bond donors (Lipinski definition) is 1. The van der Waals surface area contributed by atoms with Gasteiger partial charge in [-0.05, 0) is 37.6 Å². The Bertz CT molecular complexity index is 744. The van der Waals surface area contributed by atoms with E-state index < -0.39 is 0 Å². The van der Waals surface area contributed by atoms with Crippen LogP contribution in [0.3, 0.4) is 0 Å². The van der Waals surface area contributed by atoms with E-state index in [9.17, 15) is 0 Å². The van der Waals surface area contributed by atoms with Crippen molar-refractivity contribution < 1.29 is 0 Å². The average molecular weight is 271 g/mol. The molecule has 2 N–H and O–H groups in total. The molecule has 2 rings (SSSR count). The molecule has 1 aromatic heterocycles. The van der Waals surface area contributed by atoms with Crippen LogP contribution in [-0.4, -0.2) is 4.57 Å². The lowest BCUT2D eigenvalue weighted by atomic mass is 10.2. The van der Waals surface area contributed by atoms with Gasteiger partial charge in [-0.15, -0.1) is 0 Å². The molecule has 0 aliphatic heterocycles. The number of benzene rings is 1. The highest BCUT2D eigenvalue weighted by molar-refractivity contribution is 6.31. The van der Waals surface area contributed by atoms with E-state index in [1.54, 1.807) is 22.8 Å². The fourth-order valence-corrected chi connectivity index (χ4v) is 2.26. The van der Waals surface area contributed by atoms with Gasteiger partial charge in [0.1, 0.15) is 18.0 Å². The molecule has 0 saturated carbocycles. The lowest BCUT2D eigenvalue weighted by molar-refractivity contribution is 1.02. The van der Waals surface area contributed by atoms with Crippen molar-refractivity contribution in [2.45, 2.75) is 13.8 Å². The Hall–Kier alpha value is -2.43. The van der Waals surface area contributed by atoms with Crippen LogP contribution in [0.4, 0.5) is 5.82 Å². The van der Waals surface area contributed by atoms with E-state index in [0.717, 1.165) is 16.9 Å². The van der Waals surface area contributed by atoms with Gasteiger partial charge < -0.3 is 5.73 Å². The summed E-state index contributed by atoms with van der Waals surface area (Å²) in [6.07, 6.45) is 0. The molecule has 1 aromatic carbocycles. The van der Waals surface area contributed by atoms with Gasteiger partial charge in [-0.3, -0.25) is 4.57 Å². The highest BCUT2D eigenvalue weighted by atomic mass is 35.5. The Morgan fingerprint density at radius 1 is 1.21 bits per heavy atom. The van der Waals surface area contributed by atoms with Gasteiger partial charge in [0.05, 0.1) is 16.1 Å². The molecule has 4 nitrogen and oxygen atoms in total. The fourth-order valence-electron chi connectivity index (χ4n) is 2.04. The lowest BCUT2D eigenvalue weighted by Crippen LogP contribution is -2.02. The Labute approximate surface area is 116 Å². The van der Waals surface area contributed by atoms with Crippen LogP contribution in [0, 0.1) is 36.5 Å². The summed E-state index contributed by atoms with van der Waals surface area (Å²) in [7, 11) is 0. The van der Waals surface area contributed by atoms with Crippen molar-refractivity contribution in [2.75, 3.05) is 5.73 Å². The largest absolute Gasteiger partial charge is 0.384 e. The maximum atomic E-state index is 9.11. The number of rotatable bonds is 1. The van der Waals surface area contributed by atoms with E-state index in [1.165, 1.54) is 0 Å². The molecule has 1 heterocycles. The molecule has 19 heavy (non-hydrogen) atoms. The normalized spacial score (nSPS) is 9.95. The summed E-state index contributed by atoms with van der Waals surface area (Å²) in [6, 6.07) is 9.17. The maximum Gasteiger partial charge on any atom is 0.126 e. The first-order valence-electron chi connectivity index (χ1n) is 5.58. The summed E-state index contributed by atoms with van der Waals surface area (Å²) < 4.78 is 1.76. The van der Waals surface area contributed by atoms with Crippen LogP contribution >= 0.6 is 11.6 Å². The number of anilines is 1. The van der Waals surface area contributed by atoms with Crippen molar-refractivity contribution in [3.05, 3.63) is 45.6 Å². The number of hydrogen-bond acceptors (Lipinski definition) is 3. The first kappa shape index (κ1) is 13.0. The minimum atomic E-state index is 0.365. The Kier molecular flexibility index (Phi) is 3.21. The number of nitrogens with zero attached hydrogens (tertiary/aromatic N) is 3. The smallest absolute Gasteiger partial charge is 0.126 e. The zero-order valence-corrected chi connectivity index (χ0v) is 11.3. The van der Waals surface area contributed by atoms with Crippen LogP contribution in [0.5, 0.6) is 0 Å². The first-order valence-corrected chi connectivity index (χ1v) is 5.96. The van der Waals surface area contributed by atoms with Gasteiger partial charge in [0.2, 0.25) is 0 Å². The third-order valence-corrected chi connectivity index (χ3v) is 3.51. The van der Waals surface area contributed by atoms with Crippen molar-refractivity contribution in [1.29, 1.82) is 10.5 Å². The molecule has 0 fully saturated rings. The van der Waals surface area contributed by atoms with Gasteiger partial charge in [-0.2, -0.15) is 10.5 Å². The molecule has 0 radical (unpaired) electrons. The van der Waals surface area contributed by atoms with Gasteiger partial charge in [0, 0.05) is 11.4 Å². The van der Waals surface area contributed by atoms with Gasteiger partial charge in [0.25, 0.3) is 0 Å². The van der Waals surface area contributed by atoms with Crippen LogP contribution < -0.4 is 5.73 Å². The molecule has 0 aliphatic carbocycles. The summed E-state index contributed by atoms with van der Waals surface area (Å²) in [5.74, 6) is 0.387. The van der Waals surface area contributed by atoms with Gasteiger partial charge >= 0.3 is 0 Å². The molecule has 0 saturated heterocycles. The van der Waals surface area contributed by atoms with Crippen LogP contribution in [0.1, 0.15) is 22.4 Å². The molecule has 5 heteroatoms. The second kappa shape index (κ2) is 4.68. The fraction of sp³-hybridized carbons (Fsp3) is 0.143. The molecule has 0 atom stereocenters. The monoisotopic (exact) mass is 270 g/mol. The zero-order chi connectivity index (χ0) is 14.2. The molecule has 0 spiro atoms. The molecule has 2 aromatic rings. The van der Waals surface area contributed by atoms with E-state index >= 15 is 0 Å². The first-order chi connectivity index (χ1) is 9.01. The van der Waals surface area contributed by atoms with E-state index in [2.05, 4.69) is 6.07 Å². The zero-order valence-electron chi connectivity index (χ0n) is 10.5. The van der Waals surface area contributed by atoms with Crippen LogP contribution in [-0.2, 0) is 0 Å². The Morgan fingerprint density at radius 3 is 2.37 bits per heavy atom. The molecule has 0 unspecified atom stereocenters. The molecule has 0 amide bonds. The van der Waals surface area contributed by atoms with Crippen LogP contribution in [0.15, 0.2) is 18.2 Å². The molecule has 0 aliphatic rings. The quantitative estimate of drug-likeness (QED) is 0.865. The topological polar surface area (TPSA) is 78.5 Å². The summed E-state index contributed by atoms with van der Waals surface area (Å²) in [5.41, 5.74) is 9.35. The highest BCUT2D eigenvalue weighted by Crippen LogP contribution is 2.29. The second-order valence-corrected chi connectivity index (χ2v) is 4.60. The third-order valence-electron chi connectivity index (χ3n) is 3.19. The highest BCUT2D eigenvalue weighted by Gasteiger charge is 2.16. The van der Waals surface area contributed by atoms with E-state index in [0.29, 0.717) is 22.0 Å². The van der Waals surface area contributed by atoms with Crippen LogP contribution in [0.25, 0.3) is 5.69 Å².